The Bertz CT molecular complexity index is 1210. The Morgan fingerprint density at radius 2 is 1.81 bits per heavy atom. The average molecular weight is 364 g/mol. The molecule has 7 heteroatoms. The van der Waals surface area contributed by atoms with E-state index in [-0.39, 0.29) is 5.56 Å². The maximum Gasteiger partial charge on any atom is 0.339 e. The zero-order valence-electron chi connectivity index (χ0n) is 14.6. The molecule has 2 N–H and O–H groups in total. The smallest absolute Gasteiger partial charge is 0.339 e. The Balaban J connectivity index is 2.00. The van der Waals surface area contributed by atoms with Gasteiger partial charge in [0.2, 0.25) is 5.88 Å². The first-order valence-corrected chi connectivity index (χ1v) is 8.34. The molecule has 1 unspecified atom stereocenters. The molecule has 1 aliphatic heterocycles. The highest BCUT2D eigenvalue weighted by Crippen LogP contribution is 2.37. The highest BCUT2D eigenvalue weighted by molar-refractivity contribution is 5.94. The van der Waals surface area contributed by atoms with E-state index in [0.29, 0.717) is 16.8 Å². The lowest BCUT2D eigenvalue weighted by molar-refractivity contribution is 0.0449. The highest BCUT2D eigenvalue weighted by atomic mass is 16.5. The number of carbonyl (C=O) groups is 1. The Labute approximate surface area is 153 Å². The van der Waals surface area contributed by atoms with Crippen LogP contribution in [0.3, 0.4) is 0 Å². The predicted octanol–water partition coefficient (Wildman–Crippen LogP) is 2.11. The van der Waals surface area contributed by atoms with E-state index in [9.17, 15) is 19.5 Å². The fourth-order valence-corrected chi connectivity index (χ4v) is 3.32. The van der Waals surface area contributed by atoms with Crippen molar-refractivity contribution in [2.24, 2.45) is 0 Å². The number of aromatic amines is 1. The molecule has 0 bridgehead atoms. The summed E-state index contributed by atoms with van der Waals surface area (Å²) in [5, 5.41) is 10.8. The second kappa shape index (κ2) is 5.98. The lowest BCUT2D eigenvalue weighted by atomic mass is 10.0. The van der Waals surface area contributed by atoms with E-state index in [1.807, 2.05) is 19.1 Å². The fraction of sp³-hybridized carbons (Fsp3) is 0.150. The van der Waals surface area contributed by atoms with Gasteiger partial charge in [0.05, 0.1) is 11.3 Å². The van der Waals surface area contributed by atoms with Gasteiger partial charge in [0.15, 0.2) is 6.10 Å². The van der Waals surface area contributed by atoms with Gasteiger partial charge in [-0.25, -0.2) is 14.2 Å². The zero-order valence-corrected chi connectivity index (χ0v) is 14.6. The molecule has 1 aromatic heterocycles. The molecule has 4 rings (SSSR count). The minimum Gasteiger partial charge on any atom is -0.494 e. The number of aryl methyl sites for hydroxylation is 2. The number of aromatic nitrogens is 2. The Kier molecular flexibility index (Phi) is 3.73. The first-order valence-electron chi connectivity index (χ1n) is 8.34. The van der Waals surface area contributed by atoms with Crippen LogP contribution in [0.25, 0.3) is 5.69 Å². The molecule has 1 aliphatic rings. The van der Waals surface area contributed by atoms with Gasteiger partial charge < -0.3 is 9.84 Å². The minimum atomic E-state index is -1.09. The van der Waals surface area contributed by atoms with E-state index >= 15 is 0 Å². The van der Waals surface area contributed by atoms with E-state index in [2.05, 4.69) is 4.98 Å². The summed E-state index contributed by atoms with van der Waals surface area (Å²) in [4.78, 5) is 39.2. The van der Waals surface area contributed by atoms with Crippen molar-refractivity contribution in [3.63, 3.8) is 0 Å². The third-order valence-electron chi connectivity index (χ3n) is 4.68. The topological polar surface area (TPSA) is 101 Å². The number of benzene rings is 2. The SMILES string of the molecule is Cc1ccc(C)c(-n2c(O)c(C3OC(=O)c4ccccc43)c(=O)[nH]c2=O)c1. The van der Waals surface area contributed by atoms with Gasteiger partial charge in [-0.2, -0.15) is 0 Å². The van der Waals surface area contributed by atoms with Crippen LogP contribution in [0, 0.1) is 13.8 Å². The van der Waals surface area contributed by atoms with E-state index < -0.39 is 29.2 Å². The average Bonchev–Trinajstić information content (AvgIpc) is 2.95. The molecule has 7 nitrogen and oxygen atoms in total. The van der Waals surface area contributed by atoms with Gasteiger partial charge in [-0.15, -0.1) is 0 Å². The summed E-state index contributed by atoms with van der Waals surface area (Å²) in [6.07, 6.45) is -1.09. The van der Waals surface area contributed by atoms with E-state index in [4.69, 9.17) is 4.74 Å². The van der Waals surface area contributed by atoms with Crippen LogP contribution in [0.4, 0.5) is 0 Å². The number of ether oxygens (including phenoxy) is 1. The van der Waals surface area contributed by atoms with Crippen molar-refractivity contribution < 1.29 is 14.6 Å². The molecule has 0 aliphatic carbocycles. The molecule has 0 spiro atoms. The second-order valence-electron chi connectivity index (χ2n) is 6.49. The van der Waals surface area contributed by atoms with E-state index in [1.54, 1.807) is 37.3 Å². The number of carbonyl (C=O) groups excluding carboxylic acids is 1. The molecule has 0 saturated heterocycles. The second-order valence-corrected chi connectivity index (χ2v) is 6.49. The first-order chi connectivity index (χ1) is 12.9. The van der Waals surface area contributed by atoms with Crippen molar-refractivity contribution in [3.8, 4) is 11.6 Å². The molecule has 1 atom stereocenters. The van der Waals surface area contributed by atoms with Gasteiger partial charge in [-0.3, -0.25) is 9.78 Å². The van der Waals surface area contributed by atoms with Crippen molar-refractivity contribution in [3.05, 3.63) is 91.1 Å². The number of cyclic esters (lactones) is 1. The molecule has 2 heterocycles. The molecule has 27 heavy (non-hydrogen) atoms. The maximum atomic E-state index is 12.5. The summed E-state index contributed by atoms with van der Waals surface area (Å²) in [7, 11) is 0. The number of nitrogens with one attached hydrogen (secondary N) is 1. The van der Waals surface area contributed by atoms with Gasteiger partial charge in [-0.1, -0.05) is 30.3 Å². The number of rotatable bonds is 2. The number of hydrogen-bond donors (Lipinski definition) is 2. The molecular formula is C20H16N2O5. The van der Waals surface area contributed by atoms with Crippen molar-refractivity contribution in [1.82, 2.24) is 9.55 Å². The zero-order chi connectivity index (χ0) is 19.3. The first kappa shape index (κ1) is 16.8. The maximum absolute atomic E-state index is 12.5. The molecule has 0 fully saturated rings. The molecular weight excluding hydrogens is 348 g/mol. The van der Waals surface area contributed by atoms with Crippen LogP contribution in [-0.4, -0.2) is 20.6 Å². The number of hydrogen-bond acceptors (Lipinski definition) is 5. The summed E-state index contributed by atoms with van der Waals surface area (Å²) < 4.78 is 6.35. The number of H-pyrrole nitrogens is 1. The summed E-state index contributed by atoms with van der Waals surface area (Å²) in [6, 6.07) is 12.0. The number of esters is 1. The van der Waals surface area contributed by atoms with Gasteiger partial charge in [0.25, 0.3) is 5.56 Å². The van der Waals surface area contributed by atoms with Crippen LogP contribution in [-0.2, 0) is 4.74 Å². The van der Waals surface area contributed by atoms with E-state index in [0.717, 1.165) is 15.7 Å². The van der Waals surface area contributed by atoms with Crippen LogP contribution < -0.4 is 11.2 Å². The number of fused-ring (bicyclic) bond motifs is 1. The monoisotopic (exact) mass is 364 g/mol. The number of nitrogens with zero attached hydrogens (tertiary/aromatic N) is 1. The third-order valence-corrected chi connectivity index (χ3v) is 4.68. The third kappa shape index (κ3) is 2.55. The van der Waals surface area contributed by atoms with Crippen LogP contribution in [0.5, 0.6) is 5.88 Å². The van der Waals surface area contributed by atoms with Gasteiger partial charge >= 0.3 is 11.7 Å². The van der Waals surface area contributed by atoms with Crippen molar-refractivity contribution in [2.75, 3.05) is 0 Å². The Morgan fingerprint density at radius 1 is 1.07 bits per heavy atom. The van der Waals surface area contributed by atoms with Crippen molar-refractivity contribution in [2.45, 2.75) is 20.0 Å². The van der Waals surface area contributed by atoms with E-state index in [1.165, 1.54) is 0 Å². The van der Waals surface area contributed by atoms with Gasteiger partial charge in [-0.05, 0) is 37.1 Å². The molecule has 0 radical (unpaired) electrons. The lowest BCUT2D eigenvalue weighted by Gasteiger charge is -2.17. The normalized spacial score (nSPS) is 15.5. The lowest BCUT2D eigenvalue weighted by Crippen LogP contribution is -2.33. The van der Waals surface area contributed by atoms with Crippen LogP contribution >= 0.6 is 0 Å². The van der Waals surface area contributed by atoms with Gasteiger partial charge in [0.1, 0.15) is 5.56 Å². The molecule has 0 saturated carbocycles. The summed E-state index contributed by atoms with van der Waals surface area (Å²) in [5.41, 5.74) is 1.09. The quantitative estimate of drug-likeness (QED) is 0.678. The summed E-state index contributed by atoms with van der Waals surface area (Å²) in [6.45, 7) is 3.64. The largest absolute Gasteiger partial charge is 0.494 e. The highest BCUT2D eigenvalue weighted by Gasteiger charge is 2.36. The Hall–Kier alpha value is -3.61. The standard InChI is InChI=1S/C20H16N2O5/c1-10-7-8-11(2)14(9-10)22-18(24)15(17(23)21-20(22)26)16-12-5-3-4-6-13(12)19(25)27-16/h3-9,16,24H,1-2H3,(H,21,23,26). The van der Waals surface area contributed by atoms with Crippen LogP contribution in [0.1, 0.15) is 38.7 Å². The van der Waals surface area contributed by atoms with Crippen molar-refractivity contribution >= 4 is 5.97 Å². The molecule has 2 aromatic carbocycles. The predicted molar refractivity (Wildman–Crippen MR) is 97.5 cm³/mol. The molecule has 3 aromatic rings. The number of aromatic hydroxyl groups is 1. The summed E-state index contributed by atoms with van der Waals surface area (Å²) >= 11 is 0. The Morgan fingerprint density at radius 3 is 2.59 bits per heavy atom. The fourth-order valence-electron chi connectivity index (χ4n) is 3.32. The van der Waals surface area contributed by atoms with Crippen LogP contribution in [0.2, 0.25) is 0 Å². The van der Waals surface area contributed by atoms with Crippen molar-refractivity contribution in [1.29, 1.82) is 0 Å². The molecule has 0 amide bonds. The molecule has 136 valence electrons. The summed E-state index contributed by atoms with van der Waals surface area (Å²) in [5.74, 6) is -1.13. The van der Waals surface area contributed by atoms with Crippen LogP contribution in [0.15, 0.2) is 52.1 Å². The minimum absolute atomic E-state index is 0.186. The van der Waals surface area contributed by atoms with Gasteiger partial charge in [0, 0.05) is 5.56 Å².